The standard InChI is InChI=1S/C16H19NO4/c18-15-14(13-9-5-2-6-10-13)21-16(19)17(15)20-11-12-7-3-1-4-8-12/h1,3-4,7-8,13-14H,2,5-6,9-11H2. The van der Waals surface area contributed by atoms with E-state index in [1.54, 1.807) is 0 Å². The average Bonchev–Trinajstić information content (AvgIpc) is 2.82. The van der Waals surface area contributed by atoms with Crippen LogP contribution in [0.2, 0.25) is 0 Å². The molecule has 1 atom stereocenters. The quantitative estimate of drug-likeness (QED) is 0.855. The molecule has 0 aromatic heterocycles. The van der Waals surface area contributed by atoms with E-state index in [0.717, 1.165) is 36.3 Å². The second kappa shape index (κ2) is 6.26. The Hall–Kier alpha value is -1.88. The van der Waals surface area contributed by atoms with Crippen LogP contribution < -0.4 is 0 Å². The van der Waals surface area contributed by atoms with E-state index < -0.39 is 12.2 Å². The third-order valence-electron chi connectivity index (χ3n) is 4.12. The summed E-state index contributed by atoms with van der Waals surface area (Å²) >= 11 is 0. The maximum Gasteiger partial charge on any atom is 0.442 e. The lowest BCUT2D eigenvalue weighted by molar-refractivity contribution is -0.168. The Morgan fingerprint density at radius 2 is 1.81 bits per heavy atom. The summed E-state index contributed by atoms with van der Waals surface area (Å²) in [6.45, 7) is 0.180. The molecule has 1 heterocycles. The third kappa shape index (κ3) is 3.08. The van der Waals surface area contributed by atoms with E-state index in [2.05, 4.69) is 0 Å². The molecule has 0 spiro atoms. The number of cyclic esters (lactones) is 1. The summed E-state index contributed by atoms with van der Waals surface area (Å²) in [5, 5.41) is 0.784. The minimum absolute atomic E-state index is 0.139. The van der Waals surface area contributed by atoms with Crippen LogP contribution >= 0.6 is 0 Å². The van der Waals surface area contributed by atoms with Gasteiger partial charge in [0.1, 0.15) is 6.61 Å². The molecule has 21 heavy (non-hydrogen) atoms. The van der Waals surface area contributed by atoms with Crippen LogP contribution in [0.5, 0.6) is 0 Å². The van der Waals surface area contributed by atoms with E-state index in [4.69, 9.17) is 9.57 Å². The molecule has 112 valence electrons. The molecule has 1 saturated carbocycles. The summed E-state index contributed by atoms with van der Waals surface area (Å²) in [4.78, 5) is 29.5. The number of amides is 2. The predicted octanol–water partition coefficient (Wildman–Crippen LogP) is 3.05. The van der Waals surface area contributed by atoms with Crippen LogP contribution in [-0.2, 0) is 21.0 Å². The van der Waals surface area contributed by atoms with Crippen LogP contribution in [-0.4, -0.2) is 23.2 Å². The van der Waals surface area contributed by atoms with Crippen molar-refractivity contribution in [1.82, 2.24) is 5.06 Å². The van der Waals surface area contributed by atoms with Crippen molar-refractivity contribution in [3.05, 3.63) is 35.9 Å². The fourth-order valence-electron chi connectivity index (χ4n) is 2.98. The van der Waals surface area contributed by atoms with Gasteiger partial charge >= 0.3 is 6.09 Å². The second-order valence-corrected chi connectivity index (χ2v) is 5.59. The Morgan fingerprint density at radius 3 is 2.52 bits per heavy atom. The number of ether oxygens (including phenoxy) is 1. The van der Waals surface area contributed by atoms with Gasteiger partial charge in [0.25, 0.3) is 5.91 Å². The molecule has 5 heteroatoms. The van der Waals surface area contributed by atoms with E-state index in [1.807, 2.05) is 30.3 Å². The minimum Gasteiger partial charge on any atom is -0.434 e. The fraction of sp³-hybridized carbons (Fsp3) is 0.500. The van der Waals surface area contributed by atoms with Crippen LogP contribution in [0.3, 0.4) is 0 Å². The molecule has 2 fully saturated rings. The first kappa shape index (κ1) is 14.1. The maximum absolute atomic E-state index is 12.3. The molecule has 1 aliphatic carbocycles. The van der Waals surface area contributed by atoms with Crippen molar-refractivity contribution in [3.8, 4) is 0 Å². The molecule has 5 nitrogen and oxygen atoms in total. The van der Waals surface area contributed by atoms with Gasteiger partial charge in [-0.25, -0.2) is 4.79 Å². The molecule has 1 aliphatic heterocycles. The Morgan fingerprint density at radius 1 is 1.10 bits per heavy atom. The van der Waals surface area contributed by atoms with Gasteiger partial charge in [-0.1, -0.05) is 49.6 Å². The SMILES string of the molecule is O=C1OC(C2CCCCC2)C(=O)N1OCc1ccccc1. The van der Waals surface area contributed by atoms with Gasteiger partial charge in [0, 0.05) is 5.92 Å². The van der Waals surface area contributed by atoms with Crippen LogP contribution in [0.25, 0.3) is 0 Å². The maximum atomic E-state index is 12.3. The number of hydrogen-bond donors (Lipinski definition) is 0. The number of benzene rings is 1. The highest BCUT2D eigenvalue weighted by atomic mass is 16.8. The summed E-state index contributed by atoms with van der Waals surface area (Å²) in [5.41, 5.74) is 0.902. The van der Waals surface area contributed by atoms with Gasteiger partial charge in [-0.05, 0) is 18.4 Å². The lowest BCUT2D eigenvalue weighted by Crippen LogP contribution is -2.35. The zero-order valence-corrected chi connectivity index (χ0v) is 11.9. The van der Waals surface area contributed by atoms with Gasteiger partial charge in [-0.15, -0.1) is 5.06 Å². The summed E-state index contributed by atoms with van der Waals surface area (Å²) in [5.74, 6) is -0.219. The van der Waals surface area contributed by atoms with Crippen LogP contribution in [0.15, 0.2) is 30.3 Å². The smallest absolute Gasteiger partial charge is 0.434 e. The number of carbonyl (C=O) groups is 2. The zero-order valence-electron chi connectivity index (χ0n) is 11.9. The van der Waals surface area contributed by atoms with Gasteiger partial charge in [-0.3, -0.25) is 9.63 Å². The van der Waals surface area contributed by atoms with Crippen molar-refractivity contribution in [2.75, 3.05) is 0 Å². The monoisotopic (exact) mass is 289 g/mol. The number of imide groups is 1. The Labute approximate surface area is 123 Å². The summed E-state index contributed by atoms with van der Waals surface area (Å²) in [7, 11) is 0. The molecule has 2 amide bonds. The van der Waals surface area contributed by atoms with Gasteiger partial charge < -0.3 is 4.74 Å². The van der Waals surface area contributed by atoms with E-state index in [1.165, 1.54) is 6.42 Å². The lowest BCUT2D eigenvalue weighted by atomic mass is 9.85. The topological polar surface area (TPSA) is 55.8 Å². The average molecular weight is 289 g/mol. The molecule has 1 aromatic carbocycles. The van der Waals surface area contributed by atoms with E-state index in [-0.39, 0.29) is 18.4 Å². The Kier molecular flexibility index (Phi) is 4.20. The van der Waals surface area contributed by atoms with Gasteiger partial charge in [0.05, 0.1) is 0 Å². The lowest BCUT2D eigenvalue weighted by Gasteiger charge is -2.24. The zero-order chi connectivity index (χ0) is 14.7. The second-order valence-electron chi connectivity index (χ2n) is 5.59. The first-order valence-corrected chi connectivity index (χ1v) is 7.47. The predicted molar refractivity (Wildman–Crippen MR) is 74.9 cm³/mol. The van der Waals surface area contributed by atoms with Crippen molar-refractivity contribution in [2.45, 2.75) is 44.8 Å². The summed E-state index contributed by atoms with van der Waals surface area (Å²) < 4.78 is 5.23. The van der Waals surface area contributed by atoms with Crippen molar-refractivity contribution in [2.24, 2.45) is 5.92 Å². The number of nitrogens with zero attached hydrogens (tertiary/aromatic N) is 1. The van der Waals surface area contributed by atoms with Crippen LogP contribution in [0.4, 0.5) is 4.79 Å². The van der Waals surface area contributed by atoms with Gasteiger partial charge in [-0.2, -0.15) is 0 Å². The first-order valence-electron chi connectivity index (χ1n) is 7.47. The fourth-order valence-corrected chi connectivity index (χ4v) is 2.98. The number of carbonyl (C=O) groups excluding carboxylic acids is 2. The number of hydroxylamine groups is 2. The largest absolute Gasteiger partial charge is 0.442 e. The third-order valence-corrected chi connectivity index (χ3v) is 4.12. The van der Waals surface area contributed by atoms with E-state index in [9.17, 15) is 9.59 Å². The molecular formula is C16H19NO4. The molecular weight excluding hydrogens is 270 g/mol. The molecule has 1 unspecified atom stereocenters. The molecule has 3 rings (SSSR count). The normalized spacial score (nSPS) is 23.4. The highest BCUT2D eigenvalue weighted by Gasteiger charge is 2.46. The van der Waals surface area contributed by atoms with Crippen LogP contribution in [0, 0.1) is 5.92 Å². The van der Waals surface area contributed by atoms with Crippen molar-refractivity contribution >= 4 is 12.0 Å². The van der Waals surface area contributed by atoms with E-state index >= 15 is 0 Å². The molecule has 1 saturated heterocycles. The highest BCUT2D eigenvalue weighted by Crippen LogP contribution is 2.32. The Bertz CT molecular complexity index is 510. The van der Waals surface area contributed by atoms with E-state index in [0.29, 0.717) is 0 Å². The molecule has 0 radical (unpaired) electrons. The molecule has 1 aromatic rings. The van der Waals surface area contributed by atoms with Crippen molar-refractivity contribution < 1.29 is 19.2 Å². The van der Waals surface area contributed by atoms with Gasteiger partial charge in [0.15, 0.2) is 6.10 Å². The van der Waals surface area contributed by atoms with Crippen molar-refractivity contribution in [1.29, 1.82) is 0 Å². The Balaban J connectivity index is 1.61. The minimum atomic E-state index is -0.688. The van der Waals surface area contributed by atoms with Gasteiger partial charge in [0.2, 0.25) is 0 Å². The molecule has 0 N–H and O–H groups in total. The number of rotatable bonds is 4. The summed E-state index contributed by atoms with van der Waals surface area (Å²) in [6, 6.07) is 9.42. The summed E-state index contributed by atoms with van der Waals surface area (Å²) in [6.07, 6.45) is 3.92. The molecule has 0 bridgehead atoms. The van der Waals surface area contributed by atoms with Crippen LogP contribution in [0.1, 0.15) is 37.7 Å². The van der Waals surface area contributed by atoms with Crippen molar-refractivity contribution in [3.63, 3.8) is 0 Å². The molecule has 2 aliphatic rings. The first-order chi connectivity index (χ1) is 10.3. The highest BCUT2D eigenvalue weighted by molar-refractivity contribution is 5.98. The number of hydrogen-bond acceptors (Lipinski definition) is 4.